The van der Waals surface area contributed by atoms with Crippen molar-refractivity contribution in [2.45, 2.75) is 32.2 Å². The lowest BCUT2D eigenvalue weighted by molar-refractivity contribution is -0.145. The van der Waals surface area contributed by atoms with E-state index in [1.54, 1.807) is 4.90 Å². The van der Waals surface area contributed by atoms with E-state index in [2.05, 4.69) is 5.32 Å². The molecular weight excluding hydrogens is 276 g/mol. The number of carbonyl (C=O) groups is 2. The Hall–Kier alpha value is -2.36. The summed E-state index contributed by atoms with van der Waals surface area (Å²) < 4.78 is 0. The molecule has 0 aromatic heterocycles. The van der Waals surface area contributed by atoms with E-state index in [1.165, 1.54) is 0 Å². The van der Waals surface area contributed by atoms with Gasteiger partial charge in [-0.15, -0.1) is 0 Å². The van der Waals surface area contributed by atoms with Gasteiger partial charge in [0.1, 0.15) is 0 Å². The fraction of sp³-hybridized carbons (Fsp3) is 0.333. The fourth-order valence-electron chi connectivity index (χ4n) is 3.04. The number of hydrogen-bond donors (Lipinski definition) is 1. The summed E-state index contributed by atoms with van der Waals surface area (Å²) in [6.07, 6.45) is 3.06. The molecule has 0 radical (unpaired) electrons. The van der Waals surface area contributed by atoms with Gasteiger partial charge in [0.05, 0.1) is 0 Å². The van der Waals surface area contributed by atoms with E-state index in [-0.39, 0.29) is 6.04 Å². The monoisotopic (exact) mass is 296 g/mol. The van der Waals surface area contributed by atoms with Gasteiger partial charge in [0, 0.05) is 23.7 Å². The molecule has 1 aliphatic heterocycles. The predicted octanol–water partition coefficient (Wildman–Crippen LogP) is 3.18. The Morgan fingerprint density at radius 2 is 1.86 bits per heavy atom. The van der Waals surface area contributed by atoms with Gasteiger partial charge in [-0.2, -0.15) is 0 Å². The smallest absolute Gasteiger partial charge is 0.313 e. The molecule has 1 N–H and O–H groups in total. The Bertz CT molecular complexity index is 706. The highest BCUT2D eigenvalue weighted by atomic mass is 16.2. The Morgan fingerprint density at radius 3 is 2.68 bits per heavy atom. The highest BCUT2D eigenvalue weighted by Gasteiger charge is 2.28. The number of fused-ring (bicyclic) bond motifs is 1. The molecule has 4 nitrogen and oxygen atoms in total. The Kier molecular flexibility index (Phi) is 4.09. The summed E-state index contributed by atoms with van der Waals surface area (Å²) in [5, 5.41) is 4.76. The molecule has 2 aromatic rings. The summed E-state index contributed by atoms with van der Waals surface area (Å²) in [7, 11) is 0. The van der Waals surface area contributed by atoms with Crippen LogP contribution in [0.15, 0.2) is 42.5 Å². The van der Waals surface area contributed by atoms with Crippen LogP contribution in [0.2, 0.25) is 0 Å². The maximum Gasteiger partial charge on any atom is 0.313 e. The summed E-state index contributed by atoms with van der Waals surface area (Å²) in [4.78, 5) is 26.3. The number of nitrogens with one attached hydrogen (secondary N) is 1. The molecule has 22 heavy (non-hydrogen) atoms. The number of amides is 2. The first-order valence-corrected chi connectivity index (χ1v) is 7.76. The fourth-order valence-corrected chi connectivity index (χ4v) is 3.04. The van der Waals surface area contributed by atoms with Gasteiger partial charge >= 0.3 is 11.8 Å². The summed E-state index contributed by atoms with van der Waals surface area (Å²) in [6, 6.07) is 13.6. The van der Waals surface area contributed by atoms with Crippen LogP contribution in [0.3, 0.4) is 0 Å². The average molecular weight is 296 g/mol. The lowest BCUT2D eigenvalue weighted by Crippen LogP contribution is -2.47. The minimum Gasteiger partial charge on any atom is -0.332 e. The van der Waals surface area contributed by atoms with E-state index in [0.29, 0.717) is 12.2 Å². The van der Waals surface area contributed by atoms with E-state index in [9.17, 15) is 9.59 Å². The van der Waals surface area contributed by atoms with Gasteiger partial charge in [0.15, 0.2) is 0 Å². The predicted molar refractivity (Wildman–Crippen MR) is 87.6 cm³/mol. The van der Waals surface area contributed by atoms with Crippen LogP contribution in [0.5, 0.6) is 0 Å². The number of hydrogen-bond acceptors (Lipinski definition) is 2. The van der Waals surface area contributed by atoms with Gasteiger partial charge in [0.2, 0.25) is 0 Å². The highest BCUT2D eigenvalue weighted by Crippen LogP contribution is 2.23. The first kappa shape index (κ1) is 14.6. The number of benzene rings is 2. The van der Waals surface area contributed by atoms with E-state index in [4.69, 9.17) is 0 Å². The molecule has 0 saturated carbocycles. The van der Waals surface area contributed by atoms with Crippen molar-refractivity contribution < 1.29 is 9.59 Å². The number of nitrogens with zero attached hydrogens (tertiary/aromatic N) is 1. The van der Waals surface area contributed by atoms with Crippen molar-refractivity contribution in [3.63, 3.8) is 0 Å². The van der Waals surface area contributed by atoms with Crippen LogP contribution >= 0.6 is 0 Å². The molecule has 1 aliphatic rings. The zero-order valence-corrected chi connectivity index (χ0v) is 12.7. The number of anilines is 1. The van der Waals surface area contributed by atoms with Gasteiger partial charge in [-0.3, -0.25) is 9.59 Å². The van der Waals surface area contributed by atoms with Crippen molar-refractivity contribution in [3.8, 4) is 0 Å². The lowest BCUT2D eigenvalue weighted by atomic mass is 10.0. The second-order valence-electron chi connectivity index (χ2n) is 5.82. The molecule has 1 saturated heterocycles. The zero-order valence-electron chi connectivity index (χ0n) is 12.7. The van der Waals surface area contributed by atoms with Crippen LogP contribution in [-0.4, -0.2) is 29.3 Å². The quantitative estimate of drug-likeness (QED) is 0.822. The van der Waals surface area contributed by atoms with Crippen molar-refractivity contribution in [2.75, 3.05) is 11.9 Å². The molecule has 1 unspecified atom stereocenters. The van der Waals surface area contributed by atoms with Crippen LogP contribution in [0.25, 0.3) is 10.8 Å². The first-order valence-electron chi connectivity index (χ1n) is 7.76. The molecular formula is C18H20N2O2. The number of carbonyl (C=O) groups excluding carboxylic acids is 2. The molecule has 2 amide bonds. The lowest BCUT2D eigenvalue weighted by Gasteiger charge is -2.32. The van der Waals surface area contributed by atoms with E-state index < -0.39 is 11.8 Å². The van der Waals surface area contributed by atoms with Crippen molar-refractivity contribution in [1.82, 2.24) is 4.90 Å². The second-order valence-corrected chi connectivity index (χ2v) is 5.82. The molecule has 3 rings (SSSR count). The van der Waals surface area contributed by atoms with Crippen molar-refractivity contribution >= 4 is 28.3 Å². The summed E-state index contributed by atoms with van der Waals surface area (Å²) in [5.41, 5.74) is 0.682. The summed E-state index contributed by atoms with van der Waals surface area (Å²) in [6.45, 7) is 2.67. The Balaban J connectivity index is 1.79. The molecule has 2 aromatic carbocycles. The second kappa shape index (κ2) is 6.18. The average Bonchev–Trinajstić information content (AvgIpc) is 2.55. The van der Waals surface area contributed by atoms with Crippen LogP contribution < -0.4 is 5.32 Å². The SMILES string of the molecule is CC1CCCCN1C(=O)C(=O)Nc1cccc2ccccc12. The van der Waals surface area contributed by atoms with Gasteiger partial charge in [0.25, 0.3) is 0 Å². The van der Waals surface area contributed by atoms with Crippen LogP contribution in [0.1, 0.15) is 26.2 Å². The zero-order chi connectivity index (χ0) is 15.5. The van der Waals surface area contributed by atoms with E-state index in [0.717, 1.165) is 30.0 Å². The number of piperidine rings is 1. The maximum absolute atomic E-state index is 12.4. The van der Waals surface area contributed by atoms with Gasteiger partial charge in [-0.05, 0) is 37.6 Å². The van der Waals surface area contributed by atoms with Gasteiger partial charge < -0.3 is 10.2 Å². The normalized spacial score (nSPS) is 18.2. The topological polar surface area (TPSA) is 49.4 Å². The van der Waals surface area contributed by atoms with Gasteiger partial charge in [-0.25, -0.2) is 0 Å². The molecule has 0 spiro atoms. The maximum atomic E-state index is 12.4. The molecule has 1 heterocycles. The third-order valence-electron chi connectivity index (χ3n) is 4.30. The van der Waals surface area contributed by atoms with Crippen LogP contribution in [0.4, 0.5) is 5.69 Å². The number of rotatable bonds is 1. The molecule has 0 aliphatic carbocycles. The van der Waals surface area contributed by atoms with E-state index in [1.807, 2.05) is 49.4 Å². The highest BCUT2D eigenvalue weighted by molar-refractivity contribution is 6.40. The summed E-state index contributed by atoms with van der Waals surface area (Å²) in [5.74, 6) is -0.981. The minimum atomic E-state index is -0.551. The van der Waals surface area contributed by atoms with Gasteiger partial charge in [-0.1, -0.05) is 36.4 Å². The molecule has 0 bridgehead atoms. The Morgan fingerprint density at radius 1 is 1.09 bits per heavy atom. The largest absolute Gasteiger partial charge is 0.332 e. The third kappa shape index (κ3) is 2.82. The molecule has 1 fully saturated rings. The third-order valence-corrected chi connectivity index (χ3v) is 4.30. The number of likely N-dealkylation sites (tertiary alicyclic amines) is 1. The summed E-state index contributed by atoms with van der Waals surface area (Å²) >= 11 is 0. The molecule has 4 heteroatoms. The van der Waals surface area contributed by atoms with Crippen LogP contribution in [0, 0.1) is 0 Å². The van der Waals surface area contributed by atoms with E-state index >= 15 is 0 Å². The standard InChI is InChI=1S/C18H20N2O2/c1-13-7-4-5-12-20(13)18(22)17(21)19-16-11-6-9-14-8-2-3-10-15(14)16/h2-3,6,8-11,13H,4-5,7,12H2,1H3,(H,19,21). The molecule has 114 valence electrons. The van der Waals surface area contributed by atoms with Crippen molar-refractivity contribution in [2.24, 2.45) is 0 Å². The van der Waals surface area contributed by atoms with Crippen molar-refractivity contribution in [3.05, 3.63) is 42.5 Å². The molecule has 1 atom stereocenters. The minimum absolute atomic E-state index is 0.138. The van der Waals surface area contributed by atoms with Crippen LogP contribution in [-0.2, 0) is 9.59 Å². The Labute approximate surface area is 130 Å². The first-order chi connectivity index (χ1) is 10.7. The van der Waals surface area contributed by atoms with Crippen molar-refractivity contribution in [1.29, 1.82) is 0 Å².